The van der Waals surface area contributed by atoms with Crippen molar-refractivity contribution in [3.8, 4) is 0 Å². The fourth-order valence-electron chi connectivity index (χ4n) is 6.43. The quantitative estimate of drug-likeness (QED) is 0.344. The fraction of sp³-hybridized carbons (Fsp3) is 0.467. The molecule has 2 atom stereocenters. The Labute approximate surface area is 230 Å². The van der Waals surface area contributed by atoms with Crippen molar-refractivity contribution in [2.24, 2.45) is 5.92 Å². The molecule has 2 saturated heterocycles. The van der Waals surface area contributed by atoms with E-state index in [9.17, 15) is 0 Å². The number of nitrogens with zero attached hydrogens (tertiary/aromatic N) is 4. The molecule has 3 fully saturated rings. The number of nitrogens with one attached hydrogen (secondary N) is 1. The maximum atomic E-state index is 6.95. The number of pyridine rings is 1. The average Bonchev–Trinajstić information content (AvgIpc) is 3.54. The first-order valence-electron chi connectivity index (χ1n) is 13.8. The molecule has 2 aliphatic heterocycles. The highest BCUT2D eigenvalue weighted by Gasteiger charge is 2.42. The van der Waals surface area contributed by atoms with Gasteiger partial charge in [-0.15, -0.1) is 0 Å². The van der Waals surface area contributed by atoms with Gasteiger partial charge in [-0.25, -0.2) is 0 Å². The van der Waals surface area contributed by atoms with Crippen molar-refractivity contribution in [1.29, 1.82) is 0 Å². The third-order valence-corrected chi connectivity index (χ3v) is 9.13. The van der Waals surface area contributed by atoms with Crippen LogP contribution in [0, 0.1) is 5.92 Å². The number of thiocarbonyl (C=S) groups is 1. The minimum atomic E-state index is -0.0482. The number of halogens is 1. The lowest BCUT2D eigenvalue weighted by atomic mass is 9.94. The fourth-order valence-corrected chi connectivity index (χ4v) is 7.07. The highest BCUT2D eigenvalue weighted by atomic mass is 35.5. The van der Waals surface area contributed by atoms with Crippen LogP contribution in [0.3, 0.4) is 0 Å². The molecule has 1 N–H and O–H groups in total. The largest absolute Gasteiger partial charge is 0.370 e. The van der Waals surface area contributed by atoms with Crippen LogP contribution in [-0.4, -0.2) is 27.8 Å². The molecule has 1 aliphatic carbocycles. The Morgan fingerprint density at radius 1 is 0.973 bits per heavy atom. The van der Waals surface area contributed by atoms with Gasteiger partial charge < -0.3 is 19.7 Å². The molecule has 4 heterocycles. The summed E-state index contributed by atoms with van der Waals surface area (Å²) in [5.74, 6) is 0.784. The van der Waals surface area contributed by atoms with Gasteiger partial charge in [0.05, 0.1) is 22.4 Å². The lowest BCUT2D eigenvalue weighted by Crippen LogP contribution is -2.33. The van der Waals surface area contributed by atoms with Gasteiger partial charge in [-0.05, 0) is 86.3 Å². The van der Waals surface area contributed by atoms with Crippen molar-refractivity contribution in [3.63, 3.8) is 0 Å². The number of hydrogen-bond acceptors (Lipinski definition) is 3. The van der Waals surface area contributed by atoms with Crippen molar-refractivity contribution in [2.45, 2.75) is 70.0 Å². The van der Waals surface area contributed by atoms with Crippen molar-refractivity contribution < 1.29 is 0 Å². The van der Waals surface area contributed by atoms with Crippen molar-refractivity contribution in [3.05, 3.63) is 77.3 Å². The first-order chi connectivity index (χ1) is 18.1. The SMILES string of the molecule is CC1CCN(c2ccc(N3C(=S)NC(c4ccccn4)C3c3cccn3C3CCCCC3)cc2Cl)CC1. The van der Waals surface area contributed by atoms with Crippen LogP contribution in [0.1, 0.15) is 81.4 Å². The summed E-state index contributed by atoms with van der Waals surface area (Å²) in [4.78, 5) is 9.42. The van der Waals surface area contributed by atoms with Crippen molar-refractivity contribution >= 4 is 40.3 Å². The average molecular weight is 534 g/mol. The molecule has 37 heavy (non-hydrogen) atoms. The van der Waals surface area contributed by atoms with E-state index in [4.69, 9.17) is 28.8 Å². The van der Waals surface area contributed by atoms with Gasteiger partial charge in [0.25, 0.3) is 0 Å². The molecule has 1 aromatic carbocycles. The van der Waals surface area contributed by atoms with E-state index in [0.717, 1.165) is 41.1 Å². The van der Waals surface area contributed by atoms with E-state index in [1.807, 2.05) is 12.3 Å². The Morgan fingerprint density at radius 2 is 1.78 bits per heavy atom. The zero-order chi connectivity index (χ0) is 25.4. The van der Waals surface area contributed by atoms with E-state index in [-0.39, 0.29) is 12.1 Å². The molecule has 7 heteroatoms. The lowest BCUT2D eigenvalue weighted by Gasteiger charge is -2.34. The lowest BCUT2D eigenvalue weighted by molar-refractivity contribution is 0.340. The van der Waals surface area contributed by atoms with Gasteiger partial charge in [0, 0.05) is 42.9 Å². The van der Waals surface area contributed by atoms with E-state index in [1.165, 1.54) is 50.6 Å². The number of hydrogen-bond donors (Lipinski definition) is 1. The van der Waals surface area contributed by atoms with Crippen LogP contribution in [0.2, 0.25) is 5.02 Å². The molecule has 5 nitrogen and oxygen atoms in total. The number of anilines is 2. The standard InChI is InChI=1S/C30H36ClN5S/c1-21-14-18-34(19-15-21)26-13-12-23(20-24(26)31)36-29(28(33-30(36)37)25-10-5-6-16-32-25)27-11-7-17-35(27)22-8-3-2-4-9-22/h5-7,10-13,16-17,20-22,28-29H,2-4,8-9,14-15,18-19H2,1H3,(H,33,37). The van der Waals surface area contributed by atoms with Crippen molar-refractivity contribution in [1.82, 2.24) is 14.9 Å². The maximum absolute atomic E-state index is 6.95. The molecule has 0 radical (unpaired) electrons. The van der Waals surface area contributed by atoms with Gasteiger partial charge >= 0.3 is 0 Å². The highest BCUT2D eigenvalue weighted by Crippen LogP contribution is 2.45. The summed E-state index contributed by atoms with van der Waals surface area (Å²) in [7, 11) is 0. The summed E-state index contributed by atoms with van der Waals surface area (Å²) in [6, 6.07) is 17.5. The van der Waals surface area contributed by atoms with Crippen LogP contribution in [0.15, 0.2) is 60.9 Å². The first-order valence-corrected chi connectivity index (χ1v) is 14.6. The molecule has 0 spiro atoms. The zero-order valence-corrected chi connectivity index (χ0v) is 23.1. The maximum Gasteiger partial charge on any atom is 0.174 e. The molecule has 6 rings (SSSR count). The molecule has 2 unspecified atom stereocenters. The van der Waals surface area contributed by atoms with E-state index in [1.54, 1.807) is 0 Å². The summed E-state index contributed by atoms with van der Waals surface area (Å²) < 4.78 is 2.51. The monoisotopic (exact) mass is 533 g/mol. The number of benzene rings is 1. The molecule has 194 valence electrons. The predicted octanol–water partition coefficient (Wildman–Crippen LogP) is 7.46. The number of piperidine rings is 1. The van der Waals surface area contributed by atoms with Gasteiger partial charge in [0.2, 0.25) is 0 Å². The van der Waals surface area contributed by atoms with Crippen molar-refractivity contribution in [2.75, 3.05) is 22.9 Å². The van der Waals surface area contributed by atoms with Crippen LogP contribution in [0.25, 0.3) is 0 Å². The Kier molecular flexibility index (Phi) is 7.13. The van der Waals surface area contributed by atoms with Crippen LogP contribution >= 0.6 is 23.8 Å². The topological polar surface area (TPSA) is 36.3 Å². The van der Waals surface area contributed by atoms with Gasteiger partial charge in [0.15, 0.2) is 5.11 Å². The Bertz CT molecular complexity index is 1230. The normalized spacial score (nSPS) is 23.5. The van der Waals surface area contributed by atoms with E-state index < -0.39 is 0 Å². The minimum absolute atomic E-state index is 0.0166. The molecule has 3 aliphatic rings. The van der Waals surface area contributed by atoms with Gasteiger partial charge in [0.1, 0.15) is 6.04 Å². The molecule has 2 aromatic heterocycles. The van der Waals surface area contributed by atoms with Gasteiger partial charge in [-0.3, -0.25) is 4.98 Å². The summed E-state index contributed by atoms with van der Waals surface area (Å²) in [6.45, 7) is 4.46. The van der Waals surface area contributed by atoms with E-state index in [2.05, 4.69) is 75.3 Å². The molecular weight excluding hydrogens is 498 g/mol. The third kappa shape index (κ3) is 4.86. The number of aromatic nitrogens is 2. The Morgan fingerprint density at radius 3 is 2.51 bits per heavy atom. The second kappa shape index (κ2) is 10.7. The second-order valence-corrected chi connectivity index (χ2v) is 11.7. The van der Waals surface area contributed by atoms with Gasteiger partial charge in [-0.1, -0.05) is 43.9 Å². The summed E-state index contributed by atoms with van der Waals surface area (Å²) in [6.07, 6.45) is 12.9. The smallest absolute Gasteiger partial charge is 0.174 e. The van der Waals surface area contributed by atoms with Crippen LogP contribution in [0.4, 0.5) is 11.4 Å². The molecule has 3 aromatic rings. The first kappa shape index (κ1) is 24.7. The molecule has 0 amide bonds. The molecule has 1 saturated carbocycles. The van der Waals surface area contributed by atoms with E-state index in [0.29, 0.717) is 11.2 Å². The Hall–Kier alpha value is -2.57. The molecule has 0 bridgehead atoms. The highest BCUT2D eigenvalue weighted by molar-refractivity contribution is 7.80. The third-order valence-electron chi connectivity index (χ3n) is 8.51. The van der Waals surface area contributed by atoms with Crippen LogP contribution in [-0.2, 0) is 0 Å². The van der Waals surface area contributed by atoms with Gasteiger partial charge in [-0.2, -0.15) is 0 Å². The summed E-state index contributed by atoms with van der Waals surface area (Å²) in [5, 5.41) is 5.12. The van der Waals surface area contributed by atoms with Crippen LogP contribution < -0.4 is 15.1 Å². The second-order valence-electron chi connectivity index (χ2n) is 10.9. The summed E-state index contributed by atoms with van der Waals surface area (Å²) in [5.41, 5.74) is 4.43. The predicted molar refractivity (Wildman–Crippen MR) is 157 cm³/mol. The Balaban J connectivity index is 1.38. The molecular formula is C30H36ClN5S. The van der Waals surface area contributed by atoms with Crippen LogP contribution in [0.5, 0.6) is 0 Å². The number of rotatable bonds is 5. The minimum Gasteiger partial charge on any atom is -0.370 e. The summed E-state index contributed by atoms with van der Waals surface area (Å²) >= 11 is 12.9. The van der Waals surface area contributed by atoms with E-state index >= 15 is 0 Å². The zero-order valence-electron chi connectivity index (χ0n) is 21.5.